The van der Waals surface area contributed by atoms with Gasteiger partial charge in [-0.15, -0.1) is 22.6 Å². The number of thioether (sulfide) groups is 1. The number of benzene rings is 2. The molecule has 4 aromatic rings. The molecular formula is C19H17Cl2FN4OS. The predicted molar refractivity (Wildman–Crippen MR) is 111 cm³/mol. The van der Waals surface area contributed by atoms with Crippen LogP contribution in [0.25, 0.3) is 10.9 Å². The summed E-state index contributed by atoms with van der Waals surface area (Å²) in [5.74, 6) is 0.290. The zero-order chi connectivity index (χ0) is 18.8. The van der Waals surface area contributed by atoms with Crippen molar-refractivity contribution in [2.75, 3.05) is 0 Å². The van der Waals surface area contributed by atoms with Crippen molar-refractivity contribution in [1.82, 2.24) is 15.2 Å². The number of nitrogens with one attached hydrogen (secondary N) is 1. The number of hydrogen-bond acceptors (Lipinski definition) is 5. The Bertz CT molecular complexity index is 1060. The summed E-state index contributed by atoms with van der Waals surface area (Å²) >= 11 is 7.26. The van der Waals surface area contributed by atoms with Crippen LogP contribution in [0.4, 0.5) is 4.39 Å². The van der Waals surface area contributed by atoms with Gasteiger partial charge in [0.2, 0.25) is 5.89 Å². The lowest BCUT2D eigenvalue weighted by atomic mass is 10.1. The molecule has 2 heterocycles. The predicted octanol–water partition coefficient (Wildman–Crippen LogP) is 5.30. The van der Waals surface area contributed by atoms with Gasteiger partial charge in [0.25, 0.3) is 5.22 Å². The van der Waals surface area contributed by atoms with E-state index in [1.807, 2.05) is 30.5 Å². The van der Waals surface area contributed by atoms with Crippen molar-refractivity contribution in [1.29, 1.82) is 0 Å². The Morgan fingerprint density at radius 1 is 1.18 bits per heavy atom. The summed E-state index contributed by atoms with van der Waals surface area (Å²) in [7, 11) is 0. The maximum absolute atomic E-state index is 13.8. The molecule has 2 aromatic carbocycles. The highest BCUT2D eigenvalue weighted by atomic mass is 35.5. The van der Waals surface area contributed by atoms with Gasteiger partial charge in [-0.25, -0.2) is 4.39 Å². The van der Waals surface area contributed by atoms with Crippen molar-refractivity contribution in [3.05, 3.63) is 76.5 Å². The highest BCUT2D eigenvalue weighted by molar-refractivity contribution is 7.98. The van der Waals surface area contributed by atoms with Gasteiger partial charge in [-0.1, -0.05) is 47.6 Å². The molecule has 0 bridgehead atoms. The SMILES string of the molecule is Cl.N[C@@H](Cc1c[nH]c2ccccc12)c1nnc(SCc2c(F)cccc2Cl)o1. The Morgan fingerprint density at radius 2 is 2.00 bits per heavy atom. The van der Waals surface area contributed by atoms with Gasteiger partial charge in [-0.05, 0) is 30.2 Å². The van der Waals surface area contributed by atoms with Gasteiger partial charge in [0, 0.05) is 33.4 Å². The molecule has 0 aliphatic heterocycles. The van der Waals surface area contributed by atoms with Gasteiger partial charge < -0.3 is 15.1 Å². The van der Waals surface area contributed by atoms with Crippen molar-refractivity contribution >= 4 is 46.7 Å². The first-order valence-corrected chi connectivity index (χ1v) is 9.68. The number of aromatic amines is 1. The molecule has 1 atom stereocenters. The minimum Gasteiger partial charge on any atom is -0.414 e. The van der Waals surface area contributed by atoms with Crippen molar-refractivity contribution in [3.8, 4) is 0 Å². The summed E-state index contributed by atoms with van der Waals surface area (Å²) in [5, 5.41) is 9.86. The molecule has 3 N–H and O–H groups in total. The fraction of sp³-hybridized carbons (Fsp3) is 0.158. The van der Waals surface area contributed by atoms with Crippen molar-refractivity contribution in [2.24, 2.45) is 5.73 Å². The smallest absolute Gasteiger partial charge is 0.276 e. The van der Waals surface area contributed by atoms with E-state index in [-0.39, 0.29) is 18.2 Å². The average Bonchev–Trinajstić information content (AvgIpc) is 3.29. The molecule has 4 rings (SSSR count). The molecule has 5 nitrogen and oxygen atoms in total. The lowest BCUT2D eigenvalue weighted by Gasteiger charge is -2.06. The number of nitrogens with two attached hydrogens (primary N) is 1. The number of nitrogens with zero attached hydrogens (tertiary/aromatic N) is 2. The van der Waals surface area contributed by atoms with E-state index in [0.29, 0.717) is 33.9 Å². The lowest BCUT2D eigenvalue weighted by Crippen LogP contribution is -2.13. The number of H-pyrrole nitrogens is 1. The summed E-state index contributed by atoms with van der Waals surface area (Å²) in [6, 6.07) is 12.2. The first-order chi connectivity index (χ1) is 13.1. The van der Waals surface area contributed by atoms with E-state index in [1.54, 1.807) is 12.1 Å². The van der Waals surface area contributed by atoms with Crippen LogP contribution in [-0.2, 0) is 12.2 Å². The largest absolute Gasteiger partial charge is 0.414 e. The van der Waals surface area contributed by atoms with Crippen LogP contribution in [-0.4, -0.2) is 15.2 Å². The third-order valence-corrected chi connectivity index (χ3v) is 5.45. The molecule has 2 aromatic heterocycles. The van der Waals surface area contributed by atoms with E-state index in [9.17, 15) is 4.39 Å². The fourth-order valence-corrected chi connectivity index (χ4v) is 3.97. The molecular weight excluding hydrogens is 422 g/mol. The highest BCUT2D eigenvalue weighted by Gasteiger charge is 2.18. The molecule has 9 heteroatoms. The number of halogens is 3. The molecule has 28 heavy (non-hydrogen) atoms. The van der Waals surface area contributed by atoms with Crippen LogP contribution in [0.5, 0.6) is 0 Å². The van der Waals surface area contributed by atoms with Crippen LogP contribution in [0.3, 0.4) is 0 Å². The molecule has 0 radical (unpaired) electrons. The maximum Gasteiger partial charge on any atom is 0.276 e. The Hall–Kier alpha value is -2.06. The Morgan fingerprint density at radius 3 is 2.82 bits per heavy atom. The molecule has 0 amide bonds. The average molecular weight is 439 g/mol. The fourth-order valence-electron chi connectivity index (χ4n) is 2.86. The normalized spacial score (nSPS) is 12.1. The second-order valence-electron chi connectivity index (χ2n) is 6.07. The van der Waals surface area contributed by atoms with Gasteiger partial charge >= 0.3 is 0 Å². The third-order valence-electron chi connectivity index (χ3n) is 4.26. The summed E-state index contributed by atoms with van der Waals surface area (Å²) in [6.07, 6.45) is 2.51. The van der Waals surface area contributed by atoms with Crippen LogP contribution >= 0.6 is 35.8 Å². The van der Waals surface area contributed by atoms with Crippen LogP contribution in [0, 0.1) is 5.82 Å². The van der Waals surface area contributed by atoms with E-state index in [0.717, 1.165) is 16.5 Å². The first kappa shape index (κ1) is 20.7. The number of para-hydroxylation sites is 1. The molecule has 0 aliphatic carbocycles. The maximum atomic E-state index is 13.8. The van der Waals surface area contributed by atoms with E-state index in [2.05, 4.69) is 15.2 Å². The van der Waals surface area contributed by atoms with Crippen molar-refractivity contribution in [2.45, 2.75) is 23.4 Å². The Kier molecular flexibility index (Phi) is 6.61. The summed E-state index contributed by atoms with van der Waals surface area (Å²) < 4.78 is 19.5. The molecule has 0 saturated heterocycles. The highest BCUT2D eigenvalue weighted by Crippen LogP contribution is 2.29. The van der Waals surface area contributed by atoms with Gasteiger partial charge in [-0.3, -0.25) is 0 Å². The van der Waals surface area contributed by atoms with E-state index >= 15 is 0 Å². The molecule has 0 saturated carbocycles. The van der Waals surface area contributed by atoms with Gasteiger partial charge in [0.05, 0.1) is 6.04 Å². The lowest BCUT2D eigenvalue weighted by molar-refractivity contribution is 0.385. The molecule has 146 valence electrons. The summed E-state index contributed by atoms with van der Waals surface area (Å²) in [6.45, 7) is 0. The number of hydrogen-bond donors (Lipinski definition) is 2. The number of fused-ring (bicyclic) bond motifs is 1. The van der Waals surface area contributed by atoms with E-state index in [4.69, 9.17) is 21.8 Å². The second-order valence-corrected chi connectivity index (χ2v) is 7.40. The van der Waals surface area contributed by atoms with Crippen LogP contribution in [0.2, 0.25) is 5.02 Å². The third kappa shape index (κ3) is 4.33. The topological polar surface area (TPSA) is 80.7 Å². The Labute approximate surface area is 176 Å². The summed E-state index contributed by atoms with van der Waals surface area (Å²) in [5.41, 5.74) is 8.80. The molecule has 0 spiro atoms. The monoisotopic (exact) mass is 438 g/mol. The second kappa shape index (κ2) is 8.96. The minimum absolute atomic E-state index is 0. The number of rotatable bonds is 6. The zero-order valence-electron chi connectivity index (χ0n) is 14.6. The van der Waals surface area contributed by atoms with Gasteiger partial charge in [0.1, 0.15) is 5.82 Å². The minimum atomic E-state index is -0.428. The van der Waals surface area contributed by atoms with Crippen molar-refractivity contribution < 1.29 is 8.81 Å². The standard InChI is InChI=1S/C19H16ClFN4OS.ClH/c20-14-5-3-6-15(21)13(14)10-27-19-25-24-18(26-19)16(22)8-11-9-23-17-7-2-1-4-12(11)17;/h1-7,9,16,23H,8,10,22H2;1H/t16-;/m0./s1. The molecule has 0 fully saturated rings. The first-order valence-electron chi connectivity index (χ1n) is 8.31. The van der Waals surface area contributed by atoms with Gasteiger partial charge in [0.15, 0.2) is 0 Å². The molecule has 0 aliphatic rings. The quantitative estimate of drug-likeness (QED) is 0.399. The van der Waals surface area contributed by atoms with Crippen LogP contribution in [0.15, 0.2) is 58.3 Å². The van der Waals surface area contributed by atoms with E-state index in [1.165, 1.54) is 17.8 Å². The summed E-state index contributed by atoms with van der Waals surface area (Å²) in [4.78, 5) is 3.22. The van der Waals surface area contributed by atoms with Crippen LogP contribution < -0.4 is 5.73 Å². The number of aromatic nitrogens is 3. The van der Waals surface area contributed by atoms with Crippen molar-refractivity contribution in [3.63, 3.8) is 0 Å². The van der Waals surface area contributed by atoms with Crippen LogP contribution in [0.1, 0.15) is 23.1 Å². The Balaban J connectivity index is 0.00000225. The van der Waals surface area contributed by atoms with E-state index < -0.39 is 6.04 Å². The zero-order valence-corrected chi connectivity index (χ0v) is 17.0. The molecule has 0 unspecified atom stereocenters. The van der Waals surface area contributed by atoms with Gasteiger partial charge in [-0.2, -0.15) is 0 Å².